The highest BCUT2D eigenvalue weighted by atomic mass is 19.1. The van der Waals surface area contributed by atoms with E-state index in [0.717, 1.165) is 0 Å². The van der Waals surface area contributed by atoms with Crippen LogP contribution in [0.3, 0.4) is 0 Å². The van der Waals surface area contributed by atoms with Gasteiger partial charge in [0, 0.05) is 5.56 Å². The number of cyclic esters (lactones) is 1. The Hall–Kier alpha value is -3.02. The van der Waals surface area contributed by atoms with E-state index in [1.807, 2.05) is 0 Å². The summed E-state index contributed by atoms with van der Waals surface area (Å²) in [6.07, 6.45) is 1.33. The van der Waals surface area contributed by atoms with E-state index in [9.17, 15) is 13.6 Å². The maximum atomic E-state index is 13.7. The topological polar surface area (TPSA) is 47.9 Å². The highest BCUT2D eigenvalue weighted by Crippen LogP contribution is 2.25. The average molecular weight is 315 g/mol. The van der Waals surface area contributed by atoms with Crippen molar-refractivity contribution >= 4 is 17.9 Å². The smallest absolute Gasteiger partial charge is 0.363 e. The van der Waals surface area contributed by atoms with Crippen molar-refractivity contribution in [3.05, 3.63) is 70.9 Å². The molecule has 2 aromatic rings. The van der Waals surface area contributed by atoms with Crippen LogP contribution in [0.1, 0.15) is 11.1 Å². The number of carbonyl (C=O) groups excluding carboxylic acids is 1. The number of rotatable bonds is 3. The molecular weight excluding hydrogens is 304 g/mol. The zero-order chi connectivity index (χ0) is 16.4. The summed E-state index contributed by atoms with van der Waals surface area (Å²) in [5.41, 5.74) is 0.348. The van der Waals surface area contributed by atoms with Gasteiger partial charge in [0.2, 0.25) is 5.90 Å². The molecule has 6 heteroatoms. The molecule has 1 heterocycles. The Kier molecular flexibility index (Phi) is 3.89. The maximum Gasteiger partial charge on any atom is 0.363 e. The fourth-order valence-corrected chi connectivity index (χ4v) is 2.12. The number of esters is 1. The van der Waals surface area contributed by atoms with E-state index >= 15 is 0 Å². The normalized spacial score (nSPS) is 15.5. The Morgan fingerprint density at radius 1 is 1.17 bits per heavy atom. The van der Waals surface area contributed by atoms with Gasteiger partial charge >= 0.3 is 5.97 Å². The first kappa shape index (κ1) is 14.9. The summed E-state index contributed by atoms with van der Waals surface area (Å²) in [4.78, 5) is 15.9. The Morgan fingerprint density at radius 3 is 2.70 bits per heavy atom. The Bertz CT molecular complexity index is 843. The lowest BCUT2D eigenvalue weighted by Gasteiger charge is -2.04. The summed E-state index contributed by atoms with van der Waals surface area (Å²) < 4.78 is 37.2. The second-order valence-corrected chi connectivity index (χ2v) is 4.70. The maximum absolute atomic E-state index is 13.7. The van der Waals surface area contributed by atoms with Gasteiger partial charge in [0.25, 0.3) is 0 Å². The standard InChI is InChI=1S/C17H11F2NO3/c1-22-15-7-6-11(18)8-10(15)9-14-17(21)23-16(20-14)12-4-2-3-5-13(12)19/h2-9H,1H3/b14-9+. The molecule has 0 saturated heterocycles. The van der Waals surface area contributed by atoms with Gasteiger partial charge in [-0.1, -0.05) is 12.1 Å². The molecule has 1 aliphatic heterocycles. The molecule has 0 aliphatic carbocycles. The number of ether oxygens (including phenoxy) is 2. The summed E-state index contributed by atoms with van der Waals surface area (Å²) in [5, 5.41) is 0. The lowest BCUT2D eigenvalue weighted by molar-refractivity contribution is -0.129. The van der Waals surface area contributed by atoms with E-state index < -0.39 is 17.6 Å². The predicted octanol–water partition coefficient (Wildman–Crippen LogP) is 3.32. The van der Waals surface area contributed by atoms with Crippen molar-refractivity contribution in [2.45, 2.75) is 0 Å². The number of benzene rings is 2. The Balaban J connectivity index is 2.02. The van der Waals surface area contributed by atoms with Gasteiger partial charge in [-0.3, -0.25) is 0 Å². The van der Waals surface area contributed by atoms with Crippen LogP contribution in [-0.2, 0) is 9.53 Å². The molecule has 0 unspecified atom stereocenters. The summed E-state index contributed by atoms with van der Waals surface area (Å²) in [7, 11) is 1.43. The second kappa shape index (κ2) is 6.00. The van der Waals surface area contributed by atoms with Crippen molar-refractivity contribution < 1.29 is 23.0 Å². The van der Waals surface area contributed by atoms with Gasteiger partial charge in [-0.25, -0.2) is 18.6 Å². The molecule has 4 nitrogen and oxygen atoms in total. The van der Waals surface area contributed by atoms with Gasteiger partial charge < -0.3 is 9.47 Å². The van der Waals surface area contributed by atoms with E-state index in [0.29, 0.717) is 11.3 Å². The Labute approximate surface area is 130 Å². The second-order valence-electron chi connectivity index (χ2n) is 4.70. The van der Waals surface area contributed by atoms with Gasteiger partial charge in [-0.2, -0.15) is 0 Å². The number of nitrogens with zero attached hydrogens (tertiary/aromatic N) is 1. The molecule has 0 radical (unpaired) electrons. The molecular formula is C17H11F2NO3. The average Bonchev–Trinajstić information content (AvgIpc) is 2.89. The lowest BCUT2D eigenvalue weighted by Crippen LogP contribution is -2.07. The van der Waals surface area contributed by atoms with Gasteiger partial charge in [-0.15, -0.1) is 0 Å². The first-order chi connectivity index (χ1) is 11.1. The molecule has 116 valence electrons. The van der Waals surface area contributed by atoms with Crippen LogP contribution in [-0.4, -0.2) is 19.0 Å². The lowest BCUT2D eigenvalue weighted by atomic mass is 10.1. The van der Waals surface area contributed by atoms with Crippen molar-refractivity contribution in [3.63, 3.8) is 0 Å². The molecule has 2 aromatic carbocycles. The number of carbonyl (C=O) groups is 1. The van der Waals surface area contributed by atoms with Crippen molar-refractivity contribution in [2.75, 3.05) is 7.11 Å². The number of aliphatic imine (C=N–C) groups is 1. The molecule has 0 atom stereocenters. The quantitative estimate of drug-likeness (QED) is 0.645. The van der Waals surface area contributed by atoms with Crippen LogP contribution in [0.25, 0.3) is 6.08 Å². The minimum atomic E-state index is -0.741. The summed E-state index contributed by atoms with van der Waals surface area (Å²) in [5.74, 6) is -1.53. The molecule has 0 N–H and O–H groups in total. The van der Waals surface area contributed by atoms with Crippen LogP contribution in [0.5, 0.6) is 5.75 Å². The van der Waals surface area contributed by atoms with E-state index in [1.54, 1.807) is 6.07 Å². The van der Waals surface area contributed by atoms with Crippen LogP contribution in [0.4, 0.5) is 8.78 Å². The van der Waals surface area contributed by atoms with Crippen LogP contribution < -0.4 is 4.74 Å². The van der Waals surface area contributed by atoms with Crippen LogP contribution in [0.15, 0.2) is 53.2 Å². The largest absolute Gasteiger partial charge is 0.496 e. The monoisotopic (exact) mass is 315 g/mol. The van der Waals surface area contributed by atoms with Crippen molar-refractivity contribution in [1.29, 1.82) is 0 Å². The number of methoxy groups -OCH3 is 1. The minimum absolute atomic E-state index is 0.0628. The van der Waals surface area contributed by atoms with E-state index in [1.165, 1.54) is 49.6 Å². The number of halogens is 2. The summed E-state index contributed by atoms with van der Waals surface area (Å²) >= 11 is 0. The zero-order valence-corrected chi connectivity index (χ0v) is 12.0. The zero-order valence-electron chi connectivity index (χ0n) is 12.0. The van der Waals surface area contributed by atoms with E-state index in [-0.39, 0.29) is 17.2 Å². The minimum Gasteiger partial charge on any atom is -0.496 e. The molecule has 0 bridgehead atoms. The molecule has 0 saturated carbocycles. The Morgan fingerprint density at radius 2 is 1.96 bits per heavy atom. The number of hydrogen-bond donors (Lipinski definition) is 0. The van der Waals surface area contributed by atoms with Crippen molar-refractivity contribution in [3.8, 4) is 5.75 Å². The fourth-order valence-electron chi connectivity index (χ4n) is 2.12. The van der Waals surface area contributed by atoms with Crippen LogP contribution >= 0.6 is 0 Å². The molecule has 3 rings (SSSR count). The van der Waals surface area contributed by atoms with Crippen LogP contribution in [0, 0.1) is 11.6 Å². The van der Waals surface area contributed by atoms with Crippen molar-refractivity contribution in [2.24, 2.45) is 4.99 Å². The van der Waals surface area contributed by atoms with Gasteiger partial charge in [0.05, 0.1) is 12.7 Å². The molecule has 0 aromatic heterocycles. The van der Waals surface area contributed by atoms with Gasteiger partial charge in [-0.05, 0) is 36.4 Å². The highest BCUT2D eigenvalue weighted by molar-refractivity contribution is 6.13. The third-order valence-corrected chi connectivity index (χ3v) is 3.21. The third kappa shape index (κ3) is 2.96. The van der Waals surface area contributed by atoms with Gasteiger partial charge in [0.1, 0.15) is 17.4 Å². The molecule has 0 amide bonds. The van der Waals surface area contributed by atoms with Crippen LogP contribution in [0.2, 0.25) is 0 Å². The third-order valence-electron chi connectivity index (χ3n) is 3.21. The number of hydrogen-bond acceptors (Lipinski definition) is 4. The summed E-state index contributed by atoms with van der Waals surface area (Å²) in [6, 6.07) is 9.69. The molecule has 1 aliphatic rings. The first-order valence-corrected chi connectivity index (χ1v) is 6.69. The predicted molar refractivity (Wildman–Crippen MR) is 80.0 cm³/mol. The molecule has 0 fully saturated rings. The van der Waals surface area contributed by atoms with Gasteiger partial charge in [0.15, 0.2) is 5.70 Å². The molecule has 0 spiro atoms. The first-order valence-electron chi connectivity index (χ1n) is 6.69. The fraction of sp³-hybridized carbons (Fsp3) is 0.0588. The highest BCUT2D eigenvalue weighted by Gasteiger charge is 2.26. The molecule has 23 heavy (non-hydrogen) atoms. The SMILES string of the molecule is COc1ccc(F)cc1/C=C1/N=C(c2ccccc2F)OC1=O. The summed E-state index contributed by atoms with van der Waals surface area (Å²) in [6.45, 7) is 0. The van der Waals surface area contributed by atoms with E-state index in [2.05, 4.69) is 4.99 Å². The van der Waals surface area contributed by atoms with Crippen molar-refractivity contribution in [1.82, 2.24) is 0 Å². The van der Waals surface area contributed by atoms with E-state index in [4.69, 9.17) is 9.47 Å².